The molecule has 0 atom stereocenters. The predicted molar refractivity (Wildman–Crippen MR) is 67.3 cm³/mol. The van der Waals surface area contributed by atoms with E-state index < -0.39 is 11.7 Å². The van der Waals surface area contributed by atoms with Gasteiger partial charge in [-0.3, -0.25) is 0 Å². The third-order valence-corrected chi connectivity index (χ3v) is 3.30. The van der Waals surface area contributed by atoms with Gasteiger partial charge in [0.25, 0.3) is 0 Å². The van der Waals surface area contributed by atoms with Gasteiger partial charge in [0.05, 0.1) is 10.9 Å². The van der Waals surface area contributed by atoms with E-state index in [4.69, 9.17) is 4.52 Å². The summed E-state index contributed by atoms with van der Waals surface area (Å²) >= 11 is 6.18. The van der Waals surface area contributed by atoms with Crippen molar-refractivity contribution in [2.45, 2.75) is 11.5 Å². The topological polar surface area (TPSA) is 26.0 Å². The van der Waals surface area contributed by atoms with Crippen LogP contribution in [0.15, 0.2) is 33.3 Å². The summed E-state index contributed by atoms with van der Waals surface area (Å²) in [5.74, 6) is 0.473. The number of halogens is 5. The van der Waals surface area contributed by atoms with Crippen LogP contribution in [0.4, 0.5) is 13.2 Å². The molecular weight excluding hydrogens is 379 g/mol. The van der Waals surface area contributed by atoms with E-state index >= 15 is 0 Å². The van der Waals surface area contributed by atoms with E-state index in [0.717, 1.165) is 6.07 Å². The van der Waals surface area contributed by atoms with Crippen molar-refractivity contribution < 1.29 is 17.7 Å². The first-order valence-electron chi connectivity index (χ1n) is 4.80. The first kappa shape index (κ1) is 13.6. The lowest BCUT2D eigenvalue weighted by atomic mass is 10.0. The quantitative estimate of drug-likeness (QED) is 0.679. The molecule has 0 bridgehead atoms. The fourth-order valence-corrected chi connectivity index (χ4v) is 2.10. The molecule has 0 fully saturated rings. The average Bonchev–Trinajstić information content (AvgIpc) is 2.76. The van der Waals surface area contributed by atoms with Crippen LogP contribution in [-0.4, -0.2) is 5.16 Å². The Balaban J connectivity index is 2.56. The standard InChI is InChI=1S/C11H6Br2F3NO/c12-5-7-4-10(17-18-7)8-2-1-6(13)3-9(8)11(14,15)16/h1-4H,5H2. The highest BCUT2D eigenvalue weighted by molar-refractivity contribution is 9.10. The summed E-state index contributed by atoms with van der Waals surface area (Å²) in [5, 5.41) is 4.04. The van der Waals surface area contributed by atoms with E-state index in [1.54, 1.807) is 0 Å². The molecule has 0 saturated heterocycles. The highest BCUT2D eigenvalue weighted by atomic mass is 79.9. The molecular formula is C11H6Br2F3NO. The summed E-state index contributed by atoms with van der Waals surface area (Å²) in [6.45, 7) is 0. The van der Waals surface area contributed by atoms with Crippen molar-refractivity contribution >= 4 is 31.9 Å². The lowest BCUT2D eigenvalue weighted by Gasteiger charge is -2.11. The van der Waals surface area contributed by atoms with Crippen LogP contribution in [0.25, 0.3) is 11.3 Å². The van der Waals surface area contributed by atoms with Crippen molar-refractivity contribution in [2.24, 2.45) is 0 Å². The summed E-state index contributed by atoms with van der Waals surface area (Å²) in [5.41, 5.74) is -0.572. The smallest absolute Gasteiger partial charge is 0.360 e. The van der Waals surface area contributed by atoms with Crippen LogP contribution in [0.1, 0.15) is 11.3 Å². The SMILES string of the molecule is FC(F)(F)c1cc(Br)ccc1-c1cc(CBr)on1. The molecule has 18 heavy (non-hydrogen) atoms. The van der Waals surface area contributed by atoms with E-state index in [2.05, 4.69) is 37.0 Å². The highest BCUT2D eigenvalue weighted by Crippen LogP contribution is 2.38. The zero-order chi connectivity index (χ0) is 13.3. The maximum atomic E-state index is 12.9. The largest absolute Gasteiger partial charge is 0.417 e. The number of alkyl halides is 4. The van der Waals surface area contributed by atoms with Crippen molar-refractivity contribution in [3.8, 4) is 11.3 Å². The molecule has 0 unspecified atom stereocenters. The van der Waals surface area contributed by atoms with Gasteiger partial charge in [-0.2, -0.15) is 13.2 Å². The van der Waals surface area contributed by atoms with E-state index in [1.165, 1.54) is 18.2 Å². The molecule has 0 aliphatic rings. The zero-order valence-electron chi connectivity index (χ0n) is 8.76. The van der Waals surface area contributed by atoms with Gasteiger partial charge in [-0.1, -0.05) is 43.1 Å². The molecule has 0 spiro atoms. The Morgan fingerprint density at radius 2 is 1.94 bits per heavy atom. The van der Waals surface area contributed by atoms with Crippen molar-refractivity contribution in [3.05, 3.63) is 40.1 Å². The number of hydrogen-bond donors (Lipinski definition) is 0. The Bertz CT molecular complexity index is 566. The third kappa shape index (κ3) is 2.77. The summed E-state index contributed by atoms with van der Waals surface area (Å²) in [6, 6.07) is 5.40. The molecule has 0 amide bonds. The maximum Gasteiger partial charge on any atom is 0.417 e. The van der Waals surface area contributed by atoms with E-state index in [0.29, 0.717) is 15.6 Å². The number of nitrogens with zero attached hydrogens (tertiary/aromatic N) is 1. The first-order chi connectivity index (χ1) is 8.41. The number of aromatic nitrogens is 1. The lowest BCUT2D eigenvalue weighted by molar-refractivity contribution is -0.137. The monoisotopic (exact) mass is 383 g/mol. The number of hydrogen-bond acceptors (Lipinski definition) is 2. The zero-order valence-corrected chi connectivity index (χ0v) is 11.9. The van der Waals surface area contributed by atoms with E-state index in [1.807, 2.05) is 0 Å². The Morgan fingerprint density at radius 1 is 1.22 bits per heavy atom. The van der Waals surface area contributed by atoms with Gasteiger partial charge in [-0.05, 0) is 12.1 Å². The minimum absolute atomic E-state index is 0.00153. The molecule has 0 aliphatic heterocycles. The second-order valence-electron chi connectivity index (χ2n) is 3.50. The van der Waals surface area contributed by atoms with Gasteiger partial charge < -0.3 is 4.52 Å². The minimum Gasteiger partial charge on any atom is -0.360 e. The Hall–Kier alpha value is -0.820. The normalized spacial score (nSPS) is 11.8. The van der Waals surface area contributed by atoms with E-state index in [-0.39, 0.29) is 11.3 Å². The molecule has 96 valence electrons. The fourth-order valence-electron chi connectivity index (χ4n) is 1.48. The fraction of sp³-hybridized carbons (Fsp3) is 0.182. The summed E-state index contributed by atoms with van der Waals surface area (Å²) in [4.78, 5) is 0. The molecule has 2 nitrogen and oxygen atoms in total. The van der Waals surface area contributed by atoms with Gasteiger partial charge in [0, 0.05) is 16.1 Å². The number of benzene rings is 1. The molecule has 1 aromatic carbocycles. The molecule has 2 rings (SSSR count). The van der Waals surface area contributed by atoms with Crippen LogP contribution in [0.5, 0.6) is 0 Å². The Kier molecular flexibility index (Phi) is 3.82. The molecule has 0 saturated carbocycles. The van der Waals surface area contributed by atoms with Crippen LogP contribution in [0.3, 0.4) is 0 Å². The lowest BCUT2D eigenvalue weighted by Crippen LogP contribution is -2.07. The molecule has 0 aliphatic carbocycles. The van der Waals surface area contributed by atoms with Crippen molar-refractivity contribution in [1.82, 2.24) is 5.16 Å². The van der Waals surface area contributed by atoms with Gasteiger partial charge in [0.1, 0.15) is 11.5 Å². The van der Waals surface area contributed by atoms with E-state index in [9.17, 15) is 13.2 Å². The van der Waals surface area contributed by atoms with Gasteiger partial charge >= 0.3 is 6.18 Å². The summed E-state index contributed by atoms with van der Waals surface area (Å²) in [6.07, 6.45) is -4.44. The molecule has 0 N–H and O–H groups in total. The first-order valence-corrected chi connectivity index (χ1v) is 6.72. The van der Waals surface area contributed by atoms with Crippen molar-refractivity contribution in [2.75, 3.05) is 0 Å². The number of rotatable bonds is 2. The maximum absolute atomic E-state index is 12.9. The second kappa shape index (κ2) is 5.05. The van der Waals surface area contributed by atoms with Crippen molar-refractivity contribution in [1.29, 1.82) is 0 Å². The molecule has 1 aromatic heterocycles. The Morgan fingerprint density at radius 3 is 2.50 bits per heavy atom. The van der Waals surface area contributed by atoms with Crippen LogP contribution < -0.4 is 0 Å². The summed E-state index contributed by atoms with van der Waals surface area (Å²) in [7, 11) is 0. The van der Waals surface area contributed by atoms with Gasteiger partial charge in [0.15, 0.2) is 0 Å². The van der Waals surface area contributed by atoms with Gasteiger partial charge in [0.2, 0.25) is 0 Å². The van der Waals surface area contributed by atoms with Crippen LogP contribution in [-0.2, 0) is 11.5 Å². The third-order valence-electron chi connectivity index (χ3n) is 2.25. The molecule has 7 heteroatoms. The van der Waals surface area contributed by atoms with Crippen molar-refractivity contribution in [3.63, 3.8) is 0 Å². The van der Waals surface area contributed by atoms with Crippen LogP contribution in [0, 0.1) is 0 Å². The average molecular weight is 385 g/mol. The molecule has 1 heterocycles. The second-order valence-corrected chi connectivity index (χ2v) is 4.98. The van der Waals surface area contributed by atoms with Gasteiger partial charge in [-0.15, -0.1) is 0 Å². The van der Waals surface area contributed by atoms with Crippen LogP contribution in [0.2, 0.25) is 0 Å². The minimum atomic E-state index is -4.44. The Labute approximate surface area is 117 Å². The highest BCUT2D eigenvalue weighted by Gasteiger charge is 2.34. The summed E-state index contributed by atoms with van der Waals surface area (Å²) < 4.78 is 44.0. The molecule has 2 aromatic rings. The van der Waals surface area contributed by atoms with Gasteiger partial charge in [-0.25, -0.2) is 0 Å². The van der Waals surface area contributed by atoms with Crippen LogP contribution >= 0.6 is 31.9 Å². The molecule has 0 radical (unpaired) electrons. The predicted octanol–water partition coefficient (Wildman–Crippen LogP) is 5.02.